The fourth-order valence-corrected chi connectivity index (χ4v) is 6.01. The molecule has 2 aliphatic rings. The van der Waals surface area contributed by atoms with Gasteiger partial charge in [0.1, 0.15) is 11.5 Å². The van der Waals surface area contributed by atoms with Crippen LogP contribution in [0, 0.1) is 74.0 Å². The van der Waals surface area contributed by atoms with E-state index in [-0.39, 0.29) is 69.8 Å². The summed E-state index contributed by atoms with van der Waals surface area (Å²) in [4.78, 5) is 0. The van der Waals surface area contributed by atoms with Crippen molar-refractivity contribution in [2.75, 3.05) is 28.4 Å². The molecule has 260 valence electrons. The minimum absolute atomic E-state index is 0. The number of hydrogen-bond acceptors (Lipinski definition) is 6. The van der Waals surface area contributed by atoms with E-state index < -0.39 is 0 Å². The third-order valence-corrected chi connectivity index (χ3v) is 10.1. The maximum absolute atomic E-state index is 9.14. The van der Waals surface area contributed by atoms with Gasteiger partial charge in [0.15, 0.2) is 0 Å². The second-order valence-electron chi connectivity index (χ2n) is 11.3. The molecule has 0 heterocycles. The quantitative estimate of drug-likeness (QED) is 0.123. The molecular weight excluding hydrogens is 624 g/mol. The van der Waals surface area contributed by atoms with Gasteiger partial charge in [-0.15, -0.1) is 0 Å². The standard InChI is InChI=1S/C10H8O2.2C10H20.4CH4O.2CH3.2Ti/c11-9-3-1-7-5-10(12)4-2-8(7)6-9;2*1-6-7(2)9(4)10(5)8(6)3;4*1-2;;;;/h1-6,11-12H;2*6-10H,1-5H3;4*2H,1H3;2*1H3;;/q;;;;;;;2*-1;;. The molecule has 8 heteroatoms. The van der Waals surface area contributed by atoms with Gasteiger partial charge in [-0.25, -0.2) is 0 Å². The molecule has 6 nitrogen and oxygen atoms in total. The average Bonchev–Trinajstić information content (AvgIpc) is 3.27. The number of hydrogen-bond donors (Lipinski definition) is 6. The molecule has 2 aromatic carbocycles. The Morgan fingerprint density at radius 2 is 0.477 bits per heavy atom. The summed E-state index contributed by atoms with van der Waals surface area (Å²) in [5.41, 5.74) is 0. The van der Waals surface area contributed by atoms with Crippen molar-refractivity contribution in [2.45, 2.75) is 69.2 Å². The minimum Gasteiger partial charge on any atom is -0.508 e. The Kier molecular flexibility index (Phi) is 43.6. The zero-order valence-electron chi connectivity index (χ0n) is 30.9. The fourth-order valence-electron chi connectivity index (χ4n) is 6.01. The number of rotatable bonds is 0. The third-order valence-electron chi connectivity index (χ3n) is 10.1. The monoisotopic (exact) mass is 694 g/mol. The summed E-state index contributed by atoms with van der Waals surface area (Å²) in [6.45, 7) is 24.0. The Balaban J connectivity index is -0.0000000806. The molecule has 2 fully saturated rings. The average molecular weight is 695 g/mol. The SMILES string of the molecule is CC1C(C)C(C)C(C)C1C.CC1C(C)C(C)C(C)C1C.CO.CO.CO.CO.Oc1ccc2cc(O)ccc2c1.[CH3-].[CH3-].[Ti].[Ti]. The van der Waals surface area contributed by atoms with Gasteiger partial charge in [-0.2, -0.15) is 0 Å². The van der Waals surface area contributed by atoms with E-state index in [1.54, 1.807) is 36.4 Å². The summed E-state index contributed by atoms with van der Waals surface area (Å²) in [5.74, 6) is 9.84. The van der Waals surface area contributed by atoms with E-state index in [9.17, 15) is 0 Å². The molecule has 0 spiro atoms. The van der Waals surface area contributed by atoms with Crippen LogP contribution in [0.5, 0.6) is 11.5 Å². The predicted octanol–water partition coefficient (Wildman–Crippen LogP) is 7.94. The molecular formula is C36H70O6Ti2-2. The molecule has 4 rings (SSSR count). The summed E-state index contributed by atoms with van der Waals surface area (Å²) in [6.07, 6.45) is 0. The van der Waals surface area contributed by atoms with Crippen LogP contribution >= 0.6 is 0 Å². The molecule has 0 radical (unpaired) electrons. The number of aliphatic hydroxyl groups is 4. The van der Waals surface area contributed by atoms with Crippen LogP contribution in [0.3, 0.4) is 0 Å². The van der Waals surface area contributed by atoms with Crippen molar-refractivity contribution in [3.8, 4) is 11.5 Å². The summed E-state index contributed by atoms with van der Waals surface area (Å²) in [6, 6.07) is 10.1. The van der Waals surface area contributed by atoms with Gasteiger partial charge in [0.25, 0.3) is 0 Å². The summed E-state index contributed by atoms with van der Waals surface area (Å²) < 4.78 is 0. The molecule has 6 N–H and O–H groups in total. The van der Waals surface area contributed by atoms with E-state index in [0.717, 1.165) is 98.4 Å². The zero-order chi connectivity index (χ0) is 32.3. The Labute approximate surface area is 302 Å². The predicted molar refractivity (Wildman–Crippen MR) is 184 cm³/mol. The topological polar surface area (TPSA) is 121 Å². The van der Waals surface area contributed by atoms with Crippen LogP contribution < -0.4 is 0 Å². The van der Waals surface area contributed by atoms with Gasteiger partial charge in [-0.05, 0) is 94.2 Å². The van der Waals surface area contributed by atoms with Crippen LogP contribution in [0.15, 0.2) is 36.4 Å². The molecule has 2 aromatic rings. The van der Waals surface area contributed by atoms with Crippen molar-refractivity contribution in [1.82, 2.24) is 0 Å². The van der Waals surface area contributed by atoms with Crippen molar-refractivity contribution >= 4 is 10.8 Å². The van der Waals surface area contributed by atoms with Gasteiger partial charge in [0, 0.05) is 71.9 Å². The van der Waals surface area contributed by atoms with E-state index in [1.807, 2.05) is 0 Å². The molecule has 0 unspecified atom stereocenters. The molecule has 0 saturated heterocycles. The number of phenolic OH excluding ortho intramolecular Hbond substituents is 2. The van der Waals surface area contributed by atoms with E-state index in [0.29, 0.717) is 0 Å². The minimum atomic E-state index is 0. The van der Waals surface area contributed by atoms with Gasteiger partial charge in [0.2, 0.25) is 0 Å². The van der Waals surface area contributed by atoms with Gasteiger partial charge in [-0.3, -0.25) is 0 Å². The third kappa shape index (κ3) is 18.0. The van der Waals surface area contributed by atoms with Crippen molar-refractivity contribution in [3.63, 3.8) is 0 Å². The first-order valence-electron chi connectivity index (χ1n) is 14.6. The van der Waals surface area contributed by atoms with E-state index >= 15 is 0 Å². The number of aromatic hydroxyl groups is 2. The largest absolute Gasteiger partial charge is 0.508 e. The van der Waals surface area contributed by atoms with Gasteiger partial charge < -0.3 is 45.5 Å². The van der Waals surface area contributed by atoms with Gasteiger partial charge >= 0.3 is 0 Å². The first kappa shape index (κ1) is 59.0. The summed E-state index contributed by atoms with van der Waals surface area (Å²) in [7, 11) is 4.00. The maximum Gasteiger partial charge on any atom is 0.116 e. The number of fused-ring (bicyclic) bond motifs is 1. The Morgan fingerprint density at radius 1 is 0.341 bits per heavy atom. The Bertz CT molecular complexity index is 724. The maximum atomic E-state index is 9.14. The second kappa shape index (κ2) is 32.5. The Hall–Kier alpha value is -0.431. The number of aliphatic hydroxyl groups excluding tert-OH is 4. The number of phenols is 2. The van der Waals surface area contributed by atoms with Crippen molar-refractivity contribution in [1.29, 1.82) is 0 Å². The van der Waals surface area contributed by atoms with Crippen molar-refractivity contribution in [3.05, 3.63) is 51.3 Å². The van der Waals surface area contributed by atoms with Crippen LogP contribution in [0.1, 0.15) is 69.2 Å². The van der Waals surface area contributed by atoms with Crippen molar-refractivity contribution in [2.24, 2.45) is 59.2 Å². The first-order valence-corrected chi connectivity index (χ1v) is 14.6. The molecule has 0 aliphatic heterocycles. The Morgan fingerprint density at radius 3 is 0.614 bits per heavy atom. The molecule has 44 heavy (non-hydrogen) atoms. The number of benzene rings is 2. The van der Waals surface area contributed by atoms with E-state index in [1.165, 1.54) is 0 Å². The smallest absolute Gasteiger partial charge is 0.116 e. The normalized spacial score (nSPS) is 28.6. The summed E-state index contributed by atoms with van der Waals surface area (Å²) >= 11 is 0. The van der Waals surface area contributed by atoms with E-state index in [4.69, 9.17) is 30.6 Å². The van der Waals surface area contributed by atoms with E-state index in [2.05, 4.69) is 69.2 Å². The molecule has 2 saturated carbocycles. The van der Waals surface area contributed by atoms with Crippen LogP contribution in [-0.2, 0) is 43.4 Å². The zero-order valence-corrected chi connectivity index (χ0v) is 34.0. The molecule has 0 atom stereocenters. The van der Waals surface area contributed by atoms with Crippen LogP contribution in [0.4, 0.5) is 0 Å². The van der Waals surface area contributed by atoms with Gasteiger partial charge in [0.05, 0.1) is 0 Å². The van der Waals surface area contributed by atoms with Crippen LogP contribution in [0.25, 0.3) is 10.8 Å². The summed E-state index contributed by atoms with van der Waals surface area (Å²) in [5, 5.41) is 48.1. The van der Waals surface area contributed by atoms with Crippen LogP contribution in [0.2, 0.25) is 0 Å². The fraction of sp³-hybridized carbons (Fsp3) is 0.667. The first-order chi connectivity index (χ1) is 18.9. The molecule has 0 amide bonds. The van der Waals surface area contributed by atoms with Crippen LogP contribution in [-0.4, -0.2) is 59.1 Å². The second-order valence-corrected chi connectivity index (χ2v) is 11.3. The van der Waals surface area contributed by atoms with Gasteiger partial charge in [-0.1, -0.05) is 81.4 Å². The molecule has 0 aromatic heterocycles. The molecule has 0 bridgehead atoms. The van der Waals surface area contributed by atoms with Crippen molar-refractivity contribution < 1.29 is 74.1 Å². The molecule has 2 aliphatic carbocycles.